The van der Waals surface area contributed by atoms with Crippen molar-refractivity contribution in [2.24, 2.45) is 5.92 Å². The van der Waals surface area contributed by atoms with Crippen molar-refractivity contribution in [2.75, 3.05) is 13.7 Å². The Labute approximate surface area is 124 Å². The second-order valence-electron chi connectivity index (χ2n) is 5.99. The van der Waals surface area contributed by atoms with Crippen LogP contribution in [0.3, 0.4) is 0 Å². The molecule has 3 nitrogen and oxygen atoms in total. The highest BCUT2D eigenvalue weighted by atomic mass is 16.5. The van der Waals surface area contributed by atoms with Gasteiger partial charge in [-0.1, -0.05) is 45.4 Å². The maximum Gasteiger partial charge on any atom is 0.308 e. The Balaban J connectivity index is 1.93. The zero-order valence-electron chi connectivity index (χ0n) is 13.4. The maximum absolute atomic E-state index is 11.4. The normalized spacial score (nSPS) is 22.7. The molecule has 20 heavy (non-hydrogen) atoms. The Bertz CT molecular complexity index is 245. The number of hydrogen-bond donors (Lipinski definition) is 0. The summed E-state index contributed by atoms with van der Waals surface area (Å²) in [7, 11) is 1.48. The second-order valence-corrected chi connectivity index (χ2v) is 5.99. The summed E-state index contributed by atoms with van der Waals surface area (Å²) < 4.78 is 10.7. The van der Waals surface area contributed by atoms with Crippen LogP contribution in [0.25, 0.3) is 0 Å². The van der Waals surface area contributed by atoms with Crippen molar-refractivity contribution in [3.8, 4) is 0 Å². The number of hydrogen-bond acceptors (Lipinski definition) is 3. The smallest absolute Gasteiger partial charge is 0.308 e. The van der Waals surface area contributed by atoms with Gasteiger partial charge < -0.3 is 9.47 Å². The topological polar surface area (TPSA) is 35.5 Å². The molecule has 0 N–H and O–H groups in total. The van der Waals surface area contributed by atoms with Crippen LogP contribution in [0.4, 0.5) is 0 Å². The number of rotatable bonds is 10. The summed E-state index contributed by atoms with van der Waals surface area (Å²) in [6, 6.07) is 0. The molecule has 1 saturated carbocycles. The Morgan fingerprint density at radius 1 is 0.950 bits per heavy atom. The van der Waals surface area contributed by atoms with Crippen LogP contribution < -0.4 is 0 Å². The van der Waals surface area contributed by atoms with Crippen LogP contribution in [0.5, 0.6) is 0 Å². The maximum atomic E-state index is 11.4. The van der Waals surface area contributed by atoms with Crippen LogP contribution in [0.2, 0.25) is 0 Å². The van der Waals surface area contributed by atoms with E-state index < -0.39 is 0 Å². The number of carbonyl (C=O) groups is 1. The van der Waals surface area contributed by atoms with Crippen molar-refractivity contribution >= 4 is 5.97 Å². The fraction of sp³-hybridized carbons (Fsp3) is 0.941. The van der Waals surface area contributed by atoms with Gasteiger partial charge in [0.25, 0.3) is 0 Å². The quantitative estimate of drug-likeness (QED) is 0.438. The van der Waals surface area contributed by atoms with Gasteiger partial charge in [0.05, 0.1) is 19.1 Å². The highest BCUT2D eigenvalue weighted by molar-refractivity contribution is 5.72. The molecule has 0 heterocycles. The molecule has 0 spiro atoms. The minimum Gasteiger partial charge on any atom is -0.469 e. The highest BCUT2D eigenvalue weighted by Gasteiger charge is 2.26. The first kappa shape index (κ1) is 17.5. The largest absolute Gasteiger partial charge is 0.469 e. The van der Waals surface area contributed by atoms with Crippen LogP contribution >= 0.6 is 0 Å². The fourth-order valence-corrected chi connectivity index (χ4v) is 2.94. The Morgan fingerprint density at radius 3 is 2.15 bits per heavy atom. The lowest BCUT2D eigenvalue weighted by Gasteiger charge is -2.27. The molecule has 0 atom stereocenters. The number of carbonyl (C=O) groups excluding carboxylic acids is 1. The van der Waals surface area contributed by atoms with E-state index in [1.807, 2.05) is 0 Å². The van der Waals surface area contributed by atoms with Gasteiger partial charge in [-0.25, -0.2) is 0 Å². The molecule has 0 amide bonds. The first-order valence-corrected chi connectivity index (χ1v) is 8.47. The van der Waals surface area contributed by atoms with E-state index in [9.17, 15) is 4.79 Å². The summed E-state index contributed by atoms with van der Waals surface area (Å²) in [6.45, 7) is 3.14. The second kappa shape index (κ2) is 11.1. The van der Waals surface area contributed by atoms with E-state index in [4.69, 9.17) is 9.47 Å². The van der Waals surface area contributed by atoms with Crippen molar-refractivity contribution in [3.63, 3.8) is 0 Å². The van der Waals surface area contributed by atoms with Gasteiger partial charge >= 0.3 is 5.97 Å². The van der Waals surface area contributed by atoms with E-state index in [2.05, 4.69) is 6.92 Å². The lowest BCUT2D eigenvalue weighted by atomic mass is 9.87. The van der Waals surface area contributed by atoms with Crippen molar-refractivity contribution < 1.29 is 14.3 Å². The van der Waals surface area contributed by atoms with E-state index in [1.54, 1.807) is 0 Å². The zero-order valence-corrected chi connectivity index (χ0v) is 13.4. The SMILES string of the molecule is CCCCCCCCCOC1CCC(C(=O)OC)CC1. The number of methoxy groups -OCH3 is 1. The van der Waals surface area contributed by atoms with Gasteiger partial charge in [-0.05, 0) is 32.1 Å². The van der Waals surface area contributed by atoms with E-state index in [-0.39, 0.29) is 11.9 Å². The average molecular weight is 284 g/mol. The molecule has 1 rings (SSSR count). The molecular formula is C17H32O3. The third-order valence-electron chi connectivity index (χ3n) is 4.31. The van der Waals surface area contributed by atoms with Gasteiger partial charge in [0.15, 0.2) is 0 Å². The molecule has 0 aromatic rings. The molecule has 0 aromatic carbocycles. The number of unbranched alkanes of at least 4 members (excludes halogenated alkanes) is 6. The van der Waals surface area contributed by atoms with Gasteiger partial charge in [-0.15, -0.1) is 0 Å². The summed E-state index contributed by atoms with van der Waals surface area (Å²) in [6.07, 6.45) is 13.5. The van der Waals surface area contributed by atoms with Crippen LogP contribution in [-0.4, -0.2) is 25.8 Å². The summed E-state index contributed by atoms with van der Waals surface area (Å²) in [4.78, 5) is 11.4. The Hall–Kier alpha value is -0.570. The molecule has 1 aliphatic rings. The Kier molecular flexibility index (Phi) is 9.73. The van der Waals surface area contributed by atoms with Crippen molar-refractivity contribution in [2.45, 2.75) is 83.7 Å². The Morgan fingerprint density at radius 2 is 1.55 bits per heavy atom. The van der Waals surface area contributed by atoms with Gasteiger partial charge in [0, 0.05) is 6.61 Å². The van der Waals surface area contributed by atoms with Gasteiger partial charge in [-0.2, -0.15) is 0 Å². The monoisotopic (exact) mass is 284 g/mol. The van der Waals surface area contributed by atoms with E-state index in [0.717, 1.165) is 32.3 Å². The first-order chi connectivity index (χ1) is 9.77. The van der Waals surface area contributed by atoms with Crippen LogP contribution in [0.15, 0.2) is 0 Å². The minimum absolute atomic E-state index is 0.0458. The third kappa shape index (κ3) is 7.28. The van der Waals surface area contributed by atoms with Crippen molar-refractivity contribution in [1.29, 1.82) is 0 Å². The van der Waals surface area contributed by atoms with Crippen LogP contribution in [0.1, 0.15) is 77.6 Å². The standard InChI is InChI=1S/C17H32O3/c1-3-4-5-6-7-8-9-14-20-16-12-10-15(11-13-16)17(18)19-2/h15-16H,3-14H2,1-2H3. The molecule has 0 aromatic heterocycles. The molecule has 0 radical (unpaired) electrons. The zero-order chi connectivity index (χ0) is 14.6. The van der Waals surface area contributed by atoms with Crippen LogP contribution in [0, 0.1) is 5.92 Å². The van der Waals surface area contributed by atoms with E-state index in [0.29, 0.717) is 6.10 Å². The lowest BCUT2D eigenvalue weighted by molar-refractivity contribution is -0.147. The number of esters is 1. The fourth-order valence-electron chi connectivity index (χ4n) is 2.94. The molecule has 1 aliphatic carbocycles. The molecule has 3 heteroatoms. The molecule has 0 bridgehead atoms. The van der Waals surface area contributed by atoms with Crippen molar-refractivity contribution in [1.82, 2.24) is 0 Å². The summed E-state index contributed by atoms with van der Waals surface area (Å²) >= 11 is 0. The summed E-state index contributed by atoms with van der Waals surface area (Å²) in [5.41, 5.74) is 0. The minimum atomic E-state index is -0.0458. The van der Waals surface area contributed by atoms with E-state index in [1.165, 1.54) is 52.1 Å². The molecule has 118 valence electrons. The summed E-state index contributed by atoms with van der Waals surface area (Å²) in [5.74, 6) is 0.0638. The van der Waals surface area contributed by atoms with Gasteiger partial charge in [0.1, 0.15) is 0 Å². The predicted molar refractivity (Wildman–Crippen MR) is 81.7 cm³/mol. The van der Waals surface area contributed by atoms with E-state index >= 15 is 0 Å². The molecule has 0 saturated heterocycles. The lowest BCUT2D eigenvalue weighted by Crippen LogP contribution is -2.27. The highest BCUT2D eigenvalue weighted by Crippen LogP contribution is 2.27. The molecule has 0 unspecified atom stereocenters. The molecule has 0 aliphatic heterocycles. The average Bonchev–Trinajstić information content (AvgIpc) is 2.50. The molecule has 1 fully saturated rings. The van der Waals surface area contributed by atoms with Gasteiger partial charge in [-0.3, -0.25) is 4.79 Å². The summed E-state index contributed by atoms with van der Waals surface area (Å²) in [5, 5.41) is 0. The number of ether oxygens (including phenoxy) is 2. The predicted octanol–water partition coefficient (Wildman–Crippen LogP) is 4.49. The van der Waals surface area contributed by atoms with Gasteiger partial charge in [0.2, 0.25) is 0 Å². The van der Waals surface area contributed by atoms with Crippen molar-refractivity contribution in [3.05, 3.63) is 0 Å². The van der Waals surface area contributed by atoms with Crippen LogP contribution in [-0.2, 0) is 14.3 Å². The first-order valence-electron chi connectivity index (χ1n) is 8.47. The molecular weight excluding hydrogens is 252 g/mol. The third-order valence-corrected chi connectivity index (χ3v) is 4.31.